The number of thioether (sulfide) groups is 2. The fraction of sp³-hybridized carbons (Fsp3) is 0.389. The average Bonchev–Trinajstić information content (AvgIpc) is 2.81. The third-order valence-electron chi connectivity index (χ3n) is 4.03. The van der Waals surface area contributed by atoms with Crippen LogP contribution in [0.25, 0.3) is 0 Å². The molecule has 3 rings (SSSR count). The summed E-state index contributed by atoms with van der Waals surface area (Å²) >= 11 is 3.97. The van der Waals surface area contributed by atoms with Crippen molar-refractivity contribution in [1.29, 1.82) is 0 Å². The van der Waals surface area contributed by atoms with E-state index in [-0.39, 0.29) is 5.91 Å². The van der Waals surface area contributed by atoms with Crippen LogP contribution in [0, 0.1) is 20.8 Å². The van der Waals surface area contributed by atoms with Crippen LogP contribution < -0.4 is 5.32 Å². The predicted octanol–water partition coefficient (Wildman–Crippen LogP) is 5.33. The summed E-state index contributed by atoms with van der Waals surface area (Å²) < 4.78 is 6.03. The fourth-order valence-corrected chi connectivity index (χ4v) is 5.64. The van der Waals surface area contributed by atoms with Crippen LogP contribution in [0.1, 0.15) is 44.0 Å². The van der Waals surface area contributed by atoms with E-state index < -0.39 is 0 Å². The molecule has 1 aromatic heterocycles. The van der Waals surface area contributed by atoms with Crippen LogP contribution in [0.15, 0.2) is 28.7 Å². The fourth-order valence-electron chi connectivity index (χ4n) is 2.76. The first kappa shape index (κ1) is 16.5. The number of carbonyl (C=O) groups excluding carboxylic acids is 1. The Morgan fingerprint density at radius 1 is 1.17 bits per heavy atom. The van der Waals surface area contributed by atoms with Crippen molar-refractivity contribution in [3.63, 3.8) is 0 Å². The highest BCUT2D eigenvalue weighted by Crippen LogP contribution is 2.44. The molecule has 1 aromatic carbocycles. The first-order valence-electron chi connectivity index (χ1n) is 7.77. The van der Waals surface area contributed by atoms with E-state index in [2.05, 4.69) is 17.4 Å². The lowest BCUT2D eigenvalue weighted by atomic mass is 10.1. The molecule has 0 aliphatic carbocycles. The van der Waals surface area contributed by atoms with Crippen LogP contribution in [0.2, 0.25) is 0 Å². The topological polar surface area (TPSA) is 42.2 Å². The van der Waals surface area contributed by atoms with Gasteiger partial charge in [0.25, 0.3) is 5.91 Å². The molecule has 1 N–H and O–H groups in total. The van der Waals surface area contributed by atoms with Gasteiger partial charge in [-0.25, -0.2) is 0 Å². The molecule has 2 aromatic rings. The molecule has 0 atom stereocenters. The van der Waals surface area contributed by atoms with Gasteiger partial charge in [0.2, 0.25) is 0 Å². The van der Waals surface area contributed by atoms with Crippen molar-refractivity contribution in [2.24, 2.45) is 0 Å². The van der Waals surface area contributed by atoms with E-state index in [4.69, 9.17) is 4.42 Å². The van der Waals surface area contributed by atoms with E-state index in [0.717, 1.165) is 17.0 Å². The van der Waals surface area contributed by atoms with Crippen LogP contribution in [0.5, 0.6) is 0 Å². The zero-order chi connectivity index (χ0) is 16.4. The molecule has 3 nitrogen and oxygen atoms in total. The number of carbonyl (C=O) groups is 1. The Hall–Kier alpha value is -1.33. The van der Waals surface area contributed by atoms with Gasteiger partial charge in [0.05, 0.1) is 10.1 Å². The highest BCUT2D eigenvalue weighted by molar-refractivity contribution is 8.16. The number of nitrogens with one attached hydrogen (secondary N) is 1. The molecule has 2 heterocycles. The Labute approximate surface area is 145 Å². The highest BCUT2D eigenvalue weighted by Gasteiger charge is 2.20. The Bertz CT molecular complexity index is 718. The minimum Gasteiger partial charge on any atom is -0.466 e. The molecular weight excluding hydrogens is 326 g/mol. The van der Waals surface area contributed by atoms with Crippen molar-refractivity contribution >= 4 is 35.1 Å². The normalized spacial score (nSPS) is 15.6. The predicted molar refractivity (Wildman–Crippen MR) is 99.6 cm³/mol. The zero-order valence-corrected chi connectivity index (χ0v) is 15.3. The van der Waals surface area contributed by atoms with Gasteiger partial charge in [-0.3, -0.25) is 4.79 Å². The first-order chi connectivity index (χ1) is 11.1. The average molecular weight is 348 g/mol. The van der Waals surface area contributed by atoms with Crippen LogP contribution in [-0.2, 0) is 0 Å². The second kappa shape index (κ2) is 7.05. The van der Waals surface area contributed by atoms with Gasteiger partial charge in [-0.2, -0.15) is 0 Å². The largest absolute Gasteiger partial charge is 0.466 e. The van der Waals surface area contributed by atoms with E-state index in [9.17, 15) is 4.79 Å². The molecule has 1 aliphatic heterocycles. The lowest BCUT2D eigenvalue weighted by molar-refractivity contribution is 0.102. The molecule has 0 bridgehead atoms. The molecule has 1 fully saturated rings. The third-order valence-corrected chi connectivity index (χ3v) is 7.05. The maximum Gasteiger partial charge on any atom is 0.259 e. The van der Waals surface area contributed by atoms with Crippen molar-refractivity contribution < 1.29 is 9.21 Å². The smallest absolute Gasteiger partial charge is 0.259 e. The van der Waals surface area contributed by atoms with Gasteiger partial charge in [-0.15, -0.1) is 23.5 Å². The minimum atomic E-state index is -0.0991. The number of benzene rings is 1. The summed E-state index contributed by atoms with van der Waals surface area (Å²) in [5.74, 6) is 3.79. The molecule has 122 valence electrons. The summed E-state index contributed by atoms with van der Waals surface area (Å²) in [7, 11) is 0. The van der Waals surface area contributed by atoms with Crippen molar-refractivity contribution in [3.05, 3.63) is 52.5 Å². The maximum atomic E-state index is 12.6. The molecule has 0 saturated carbocycles. The van der Waals surface area contributed by atoms with Crippen molar-refractivity contribution in [1.82, 2.24) is 0 Å². The molecule has 0 radical (unpaired) electrons. The Morgan fingerprint density at radius 3 is 2.57 bits per heavy atom. The van der Waals surface area contributed by atoms with Gasteiger partial charge >= 0.3 is 0 Å². The molecule has 23 heavy (non-hydrogen) atoms. The Morgan fingerprint density at radius 2 is 1.91 bits per heavy atom. The zero-order valence-electron chi connectivity index (χ0n) is 13.6. The second-order valence-electron chi connectivity index (χ2n) is 5.72. The van der Waals surface area contributed by atoms with Gasteiger partial charge in [-0.05, 0) is 56.4 Å². The van der Waals surface area contributed by atoms with Gasteiger partial charge in [0.1, 0.15) is 11.5 Å². The Balaban J connectivity index is 1.78. The van der Waals surface area contributed by atoms with Crippen molar-refractivity contribution in [3.8, 4) is 0 Å². The standard InChI is InChI=1S/C18H21NO2S2/c1-11-12(2)21-13(3)16(11)17(20)19-15-7-4-6-14(10-15)18-22-8-5-9-23-18/h4,6-7,10,18H,5,8-9H2,1-3H3,(H,19,20). The monoisotopic (exact) mass is 347 g/mol. The van der Waals surface area contributed by atoms with Crippen LogP contribution in [0.3, 0.4) is 0 Å². The third kappa shape index (κ3) is 3.61. The van der Waals surface area contributed by atoms with E-state index >= 15 is 0 Å². The van der Waals surface area contributed by atoms with Crippen molar-refractivity contribution in [2.75, 3.05) is 16.8 Å². The minimum absolute atomic E-state index is 0.0991. The van der Waals surface area contributed by atoms with E-state index in [1.54, 1.807) is 0 Å². The molecular formula is C18H21NO2S2. The number of hydrogen-bond donors (Lipinski definition) is 1. The summed E-state index contributed by atoms with van der Waals surface area (Å²) in [6, 6.07) is 8.19. The molecule has 1 aliphatic rings. The van der Waals surface area contributed by atoms with E-state index in [1.165, 1.54) is 23.5 Å². The van der Waals surface area contributed by atoms with Gasteiger partial charge < -0.3 is 9.73 Å². The lowest BCUT2D eigenvalue weighted by Crippen LogP contribution is -2.13. The second-order valence-corrected chi connectivity index (χ2v) is 8.45. The van der Waals surface area contributed by atoms with Crippen molar-refractivity contribution in [2.45, 2.75) is 31.8 Å². The van der Waals surface area contributed by atoms with E-state index in [1.807, 2.05) is 56.4 Å². The molecule has 0 spiro atoms. The van der Waals surface area contributed by atoms with Gasteiger partial charge in [-0.1, -0.05) is 12.1 Å². The number of hydrogen-bond acceptors (Lipinski definition) is 4. The first-order valence-corrected chi connectivity index (χ1v) is 9.87. The maximum absolute atomic E-state index is 12.6. The van der Waals surface area contributed by atoms with Crippen LogP contribution in [-0.4, -0.2) is 17.4 Å². The summed E-state index contributed by atoms with van der Waals surface area (Å²) in [4.78, 5) is 12.6. The summed E-state index contributed by atoms with van der Waals surface area (Å²) in [6.45, 7) is 5.64. The number of aryl methyl sites for hydroxylation is 2. The Kier molecular flexibility index (Phi) is 5.07. The lowest BCUT2D eigenvalue weighted by Gasteiger charge is -2.21. The number of amides is 1. The summed E-state index contributed by atoms with van der Waals surface area (Å²) in [6.07, 6.45) is 1.28. The van der Waals surface area contributed by atoms with Crippen LogP contribution >= 0.6 is 23.5 Å². The molecule has 5 heteroatoms. The number of anilines is 1. The molecule has 1 saturated heterocycles. The van der Waals surface area contributed by atoms with Gasteiger partial charge in [0.15, 0.2) is 0 Å². The number of rotatable bonds is 3. The molecule has 0 unspecified atom stereocenters. The molecule has 1 amide bonds. The van der Waals surface area contributed by atoms with Crippen LogP contribution in [0.4, 0.5) is 5.69 Å². The highest BCUT2D eigenvalue weighted by atomic mass is 32.2. The number of furan rings is 1. The summed E-state index contributed by atoms with van der Waals surface area (Å²) in [5.41, 5.74) is 3.68. The van der Waals surface area contributed by atoms with E-state index in [0.29, 0.717) is 15.9 Å². The van der Waals surface area contributed by atoms with Gasteiger partial charge in [0, 0.05) is 11.3 Å². The quantitative estimate of drug-likeness (QED) is 0.815. The SMILES string of the molecule is Cc1oc(C)c(C(=O)Nc2cccc(C3SCCCS3)c2)c1C. The summed E-state index contributed by atoms with van der Waals surface area (Å²) in [5, 5.41) is 3.02.